The van der Waals surface area contributed by atoms with Crippen molar-refractivity contribution in [1.82, 2.24) is 4.72 Å². The van der Waals surface area contributed by atoms with Crippen LogP contribution in [0.15, 0.2) is 21.7 Å². The average Bonchev–Trinajstić information content (AvgIpc) is 2.68. The van der Waals surface area contributed by atoms with Gasteiger partial charge in [0.25, 0.3) is 0 Å². The summed E-state index contributed by atoms with van der Waals surface area (Å²) in [5.74, 6) is -1.01. The molecule has 0 aliphatic carbocycles. The average molecular weight is 263 g/mol. The Labute approximate surface area is 98.2 Å². The van der Waals surface area contributed by atoms with Gasteiger partial charge in [-0.15, -0.1) is 11.3 Å². The van der Waals surface area contributed by atoms with Crippen LogP contribution in [0.4, 0.5) is 0 Å². The molecule has 1 heterocycles. The Kier molecular flexibility index (Phi) is 4.45. The van der Waals surface area contributed by atoms with Crippen molar-refractivity contribution in [2.45, 2.75) is 30.0 Å². The second kappa shape index (κ2) is 5.42. The van der Waals surface area contributed by atoms with E-state index in [1.54, 1.807) is 18.4 Å². The molecule has 0 saturated carbocycles. The highest BCUT2D eigenvalue weighted by molar-refractivity contribution is 7.91. The molecule has 0 aliphatic heterocycles. The fourth-order valence-electron chi connectivity index (χ4n) is 1.17. The van der Waals surface area contributed by atoms with Crippen molar-refractivity contribution in [2.75, 3.05) is 0 Å². The number of thiophene rings is 1. The minimum atomic E-state index is -3.57. The summed E-state index contributed by atoms with van der Waals surface area (Å²) in [6, 6.07) is 2.56. The van der Waals surface area contributed by atoms with E-state index in [9.17, 15) is 13.2 Å². The van der Waals surface area contributed by atoms with Crippen molar-refractivity contribution in [3.05, 3.63) is 17.5 Å². The fourth-order valence-corrected chi connectivity index (χ4v) is 3.50. The molecule has 5 nitrogen and oxygen atoms in total. The van der Waals surface area contributed by atoms with Crippen LogP contribution in [0, 0.1) is 0 Å². The molecule has 0 bridgehead atoms. The minimum absolute atomic E-state index is 0.205. The molecule has 2 N–H and O–H groups in total. The molecule has 0 radical (unpaired) electrons. The summed E-state index contributed by atoms with van der Waals surface area (Å²) in [6.45, 7) is 1.74. The van der Waals surface area contributed by atoms with Gasteiger partial charge in [0.1, 0.15) is 4.21 Å². The summed E-state index contributed by atoms with van der Waals surface area (Å²) in [7, 11) is -3.57. The zero-order valence-electron chi connectivity index (χ0n) is 8.71. The van der Waals surface area contributed by atoms with Crippen molar-refractivity contribution in [1.29, 1.82) is 0 Å². The quantitative estimate of drug-likeness (QED) is 0.809. The number of carboxylic acids is 1. The van der Waals surface area contributed by atoms with E-state index < -0.39 is 22.0 Å². The monoisotopic (exact) mass is 263 g/mol. The van der Waals surface area contributed by atoms with E-state index in [2.05, 4.69) is 4.72 Å². The lowest BCUT2D eigenvalue weighted by molar-refractivity contribution is -0.137. The first-order valence-electron chi connectivity index (χ1n) is 4.73. The number of nitrogens with one attached hydrogen (secondary N) is 1. The van der Waals surface area contributed by atoms with Crippen LogP contribution in [0.2, 0.25) is 0 Å². The Balaban J connectivity index is 2.75. The standard InChI is InChI=1S/C9H13NO4S2/c1-2-7(6-8(11)12)10-16(13,14)9-4-3-5-15-9/h3-5,7,10H,2,6H2,1H3,(H,11,12). The van der Waals surface area contributed by atoms with Gasteiger partial charge in [-0.05, 0) is 17.9 Å². The lowest BCUT2D eigenvalue weighted by Crippen LogP contribution is -2.35. The van der Waals surface area contributed by atoms with Crippen LogP contribution in [-0.4, -0.2) is 25.5 Å². The third kappa shape index (κ3) is 3.58. The highest BCUT2D eigenvalue weighted by Gasteiger charge is 2.21. The lowest BCUT2D eigenvalue weighted by Gasteiger charge is -2.13. The van der Waals surface area contributed by atoms with Gasteiger partial charge in [-0.1, -0.05) is 13.0 Å². The predicted octanol–water partition coefficient (Wildman–Crippen LogP) is 1.28. The summed E-state index contributed by atoms with van der Waals surface area (Å²) in [4.78, 5) is 10.5. The molecule has 1 atom stereocenters. The van der Waals surface area contributed by atoms with Crippen LogP contribution in [0.1, 0.15) is 19.8 Å². The highest BCUT2D eigenvalue weighted by Crippen LogP contribution is 2.16. The normalized spacial score (nSPS) is 13.6. The molecule has 1 unspecified atom stereocenters. The minimum Gasteiger partial charge on any atom is -0.481 e. The van der Waals surface area contributed by atoms with Gasteiger partial charge in [-0.3, -0.25) is 4.79 Å². The summed E-state index contributed by atoms with van der Waals surface area (Å²) in [5.41, 5.74) is 0. The van der Waals surface area contributed by atoms with Crippen LogP contribution in [0.25, 0.3) is 0 Å². The summed E-state index contributed by atoms with van der Waals surface area (Å²) in [6.07, 6.45) is 0.234. The maximum absolute atomic E-state index is 11.8. The highest BCUT2D eigenvalue weighted by atomic mass is 32.2. The molecular weight excluding hydrogens is 250 g/mol. The Morgan fingerprint density at radius 1 is 1.62 bits per heavy atom. The number of hydrogen-bond acceptors (Lipinski definition) is 4. The van der Waals surface area contributed by atoms with Gasteiger partial charge >= 0.3 is 5.97 Å². The van der Waals surface area contributed by atoms with E-state index in [0.717, 1.165) is 11.3 Å². The maximum atomic E-state index is 11.8. The first-order chi connectivity index (χ1) is 7.45. The zero-order valence-corrected chi connectivity index (χ0v) is 10.3. The van der Waals surface area contributed by atoms with Crippen LogP contribution >= 0.6 is 11.3 Å². The lowest BCUT2D eigenvalue weighted by atomic mass is 10.2. The van der Waals surface area contributed by atoms with Crippen molar-refractivity contribution in [3.8, 4) is 0 Å². The molecule has 1 rings (SSSR count). The van der Waals surface area contributed by atoms with Gasteiger partial charge in [0, 0.05) is 6.04 Å². The van der Waals surface area contributed by atoms with E-state index in [0.29, 0.717) is 6.42 Å². The Morgan fingerprint density at radius 3 is 2.75 bits per heavy atom. The van der Waals surface area contributed by atoms with Gasteiger partial charge in [0.15, 0.2) is 0 Å². The smallest absolute Gasteiger partial charge is 0.304 e. The van der Waals surface area contributed by atoms with E-state index in [4.69, 9.17) is 5.11 Å². The number of carbonyl (C=O) groups is 1. The van der Waals surface area contributed by atoms with Crippen molar-refractivity contribution >= 4 is 27.3 Å². The number of carboxylic acid groups (broad SMARTS) is 1. The summed E-state index contributed by atoms with van der Waals surface area (Å²) in [5, 5.41) is 10.3. The fraction of sp³-hybridized carbons (Fsp3) is 0.444. The SMILES string of the molecule is CCC(CC(=O)O)NS(=O)(=O)c1cccs1. The predicted molar refractivity (Wildman–Crippen MR) is 61.0 cm³/mol. The van der Waals surface area contributed by atoms with Crippen LogP contribution in [-0.2, 0) is 14.8 Å². The molecule has 0 amide bonds. The number of rotatable bonds is 6. The Bertz CT molecular complexity index is 438. The van der Waals surface area contributed by atoms with Gasteiger partial charge in [-0.25, -0.2) is 13.1 Å². The molecule has 0 spiro atoms. The molecular formula is C9H13NO4S2. The van der Waals surface area contributed by atoms with Gasteiger partial charge in [-0.2, -0.15) is 0 Å². The van der Waals surface area contributed by atoms with Gasteiger partial charge < -0.3 is 5.11 Å². The second-order valence-electron chi connectivity index (χ2n) is 3.26. The molecule has 90 valence electrons. The molecule has 1 aromatic rings. The van der Waals surface area contributed by atoms with Crippen molar-refractivity contribution < 1.29 is 18.3 Å². The number of sulfonamides is 1. The largest absolute Gasteiger partial charge is 0.481 e. The first-order valence-corrected chi connectivity index (χ1v) is 7.09. The number of hydrogen-bond donors (Lipinski definition) is 2. The Morgan fingerprint density at radius 2 is 2.31 bits per heavy atom. The number of aliphatic carboxylic acids is 1. The van der Waals surface area contributed by atoms with Crippen molar-refractivity contribution in [3.63, 3.8) is 0 Å². The van der Waals surface area contributed by atoms with Gasteiger partial charge in [0.05, 0.1) is 6.42 Å². The maximum Gasteiger partial charge on any atom is 0.304 e. The summed E-state index contributed by atoms with van der Waals surface area (Å²) < 4.78 is 26.1. The molecule has 0 aliphatic rings. The second-order valence-corrected chi connectivity index (χ2v) is 6.14. The first kappa shape index (κ1) is 13.1. The Hall–Kier alpha value is -0.920. The molecule has 16 heavy (non-hydrogen) atoms. The third-order valence-electron chi connectivity index (χ3n) is 2.00. The summed E-state index contributed by atoms with van der Waals surface area (Å²) >= 11 is 1.10. The van der Waals surface area contributed by atoms with Gasteiger partial charge in [0.2, 0.25) is 10.0 Å². The molecule has 1 aromatic heterocycles. The topological polar surface area (TPSA) is 83.5 Å². The van der Waals surface area contributed by atoms with E-state index in [1.807, 2.05) is 0 Å². The van der Waals surface area contributed by atoms with Crippen LogP contribution in [0.5, 0.6) is 0 Å². The molecule has 0 saturated heterocycles. The molecule has 0 aromatic carbocycles. The van der Waals surface area contributed by atoms with Crippen molar-refractivity contribution in [2.24, 2.45) is 0 Å². The van der Waals surface area contributed by atoms with Crippen LogP contribution in [0.3, 0.4) is 0 Å². The zero-order chi connectivity index (χ0) is 12.2. The van der Waals surface area contributed by atoms with E-state index in [-0.39, 0.29) is 10.6 Å². The third-order valence-corrected chi connectivity index (χ3v) is 4.91. The molecule has 0 fully saturated rings. The molecule has 7 heteroatoms. The van der Waals surface area contributed by atoms with E-state index in [1.165, 1.54) is 6.07 Å². The van der Waals surface area contributed by atoms with Crippen LogP contribution < -0.4 is 4.72 Å². The van der Waals surface area contributed by atoms with E-state index >= 15 is 0 Å².